The van der Waals surface area contributed by atoms with Gasteiger partial charge in [-0.15, -0.1) is 23.3 Å². The number of oxime groups is 1. The zero-order chi connectivity index (χ0) is 39.5. The molecule has 1 aromatic heterocycles. The van der Waals surface area contributed by atoms with Crippen molar-refractivity contribution in [3.63, 3.8) is 0 Å². The van der Waals surface area contributed by atoms with E-state index in [-0.39, 0.29) is 49.9 Å². The first kappa shape index (κ1) is 41.1. The molecule has 2 aliphatic carbocycles. The predicted molar refractivity (Wildman–Crippen MR) is 213 cm³/mol. The average Bonchev–Trinajstić information content (AvgIpc) is 3.68. The number of hydrogen-bond acceptors (Lipinski definition) is 11. The van der Waals surface area contributed by atoms with Crippen LogP contribution >= 0.6 is 11.6 Å². The molecule has 1 aliphatic heterocycles. The number of rotatable bonds is 22. The Morgan fingerprint density at radius 3 is 2.54 bits per heavy atom. The summed E-state index contributed by atoms with van der Waals surface area (Å²) in [5.74, 6) is 0.224. The van der Waals surface area contributed by atoms with Crippen molar-refractivity contribution < 1.29 is 34.2 Å². The van der Waals surface area contributed by atoms with Crippen molar-refractivity contribution in [2.45, 2.75) is 82.1 Å². The van der Waals surface area contributed by atoms with Crippen LogP contribution in [-0.4, -0.2) is 73.9 Å². The first-order chi connectivity index (χ1) is 27.4. The minimum Gasteiger partial charge on any atom is -0.490 e. The number of aromatic nitrogens is 3. The highest BCUT2D eigenvalue weighted by molar-refractivity contribution is 6.17. The van der Waals surface area contributed by atoms with Crippen molar-refractivity contribution in [1.29, 1.82) is 0 Å². The van der Waals surface area contributed by atoms with Crippen LogP contribution in [0.5, 0.6) is 11.5 Å². The lowest BCUT2D eigenvalue weighted by molar-refractivity contribution is -0.384. The Kier molecular flexibility index (Phi) is 14.3. The Labute approximate surface area is 332 Å². The van der Waals surface area contributed by atoms with Crippen molar-refractivity contribution in [1.82, 2.24) is 15.0 Å². The van der Waals surface area contributed by atoms with E-state index in [0.29, 0.717) is 49.7 Å². The number of non-ortho nitro benzene ring substituents is 1. The molecule has 2 N–H and O–H groups in total. The summed E-state index contributed by atoms with van der Waals surface area (Å²) in [5, 5.41) is 44.8. The van der Waals surface area contributed by atoms with E-state index in [0.717, 1.165) is 60.2 Å². The van der Waals surface area contributed by atoms with Gasteiger partial charge >= 0.3 is 0 Å². The van der Waals surface area contributed by atoms with E-state index >= 15 is 0 Å². The first-order valence-corrected chi connectivity index (χ1v) is 20.0. The second-order valence-corrected chi connectivity index (χ2v) is 14.9. The van der Waals surface area contributed by atoms with Crippen LogP contribution in [0.15, 0.2) is 90.8 Å². The SMILES string of the molecule is C=CCOc1ccc2c(c1)C1C(CCCCO)C(CCCCO)C=C3C(=NOCc4ccc([N+](=O)[O-])cc4)CC(n4nncc4CCCCl)C(OCC=C)(O2)C31. The Hall–Kier alpha value is -4.56. The molecule has 1 fully saturated rings. The number of ether oxygens (including phenoxy) is 3. The molecule has 6 atom stereocenters. The van der Waals surface area contributed by atoms with E-state index in [1.807, 2.05) is 16.8 Å². The van der Waals surface area contributed by atoms with Gasteiger partial charge in [-0.05, 0) is 91.8 Å². The normalized spacial score (nSPS) is 24.4. The van der Waals surface area contributed by atoms with Gasteiger partial charge in [-0.25, -0.2) is 4.68 Å². The van der Waals surface area contributed by atoms with Crippen LogP contribution in [0.2, 0.25) is 0 Å². The maximum atomic E-state index is 11.3. The minimum atomic E-state index is -1.28. The molecule has 0 bridgehead atoms. The fourth-order valence-corrected chi connectivity index (χ4v) is 8.81. The fraction of sp³-hybridized carbons (Fsp3) is 0.500. The predicted octanol–water partition coefficient (Wildman–Crippen LogP) is 7.63. The van der Waals surface area contributed by atoms with Crippen molar-refractivity contribution in [2.24, 2.45) is 22.9 Å². The zero-order valence-electron chi connectivity index (χ0n) is 31.7. The molecule has 14 heteroatoms. The second kappa shape index (κ2) is 19.5. The number of hydrogen-bond donors (Lipinski definition) is 2. The van der Waals surface area contributed by atoms with Crippen LogP contribution in [0.3, 0.4) is 0 Å². The number of nitro groups is 1. The van der Waals surface area contributed by atoms with Gasteiger partial charge in [-0.2, -0.15) is 0 Å². The van der Waals surface area contributed by atoms with Crippen molar-refractivity contribution in [3.8, 4) is 11.5 Å². The molecule has 0 radical (unpaired) electrons. The maximum Gasteiger partial charge on any atom is 0.269 e. The number of allylic oxidation sites excluding steroid dienone is 1. The van der Waals surface area contributed by atoms with Crippen molar-refractivity contribution in [3.05, 3.63) is 113 Å². The van der Waals surface area contributed by atoms with E-state index in [2.05, 4.69) is 35.6 Å². The second-order valence-electron chi connectivity index (χ2n) is 14.5. The molecular formula is C42H52ClN5O8. The summed E-state index contributed by atoms with van der Waals surface area (Å²) in [7, 11) is 0. The molecule has 0 saturated heterocycles. The lowest BCUT2D eigenvalue weighted by Crippen LogP contribution is -2.63. The highest BCUT2D eigenvalue weighted by atomic mass is 35.5. The lowest BCUT2D eigenvalue weighted by Gasteiger charge is -2.58. The quantitative estimate of drug-likeness (QED) is 0.0340. The standard InChI is InChI=1S/C42H52ClN5O8/c1-3-22-53-33-17-18-38-36(25-33)40-34(12-6-8-21-50)30(10-5-7-20-49)24-35-37(45-55-28-29-13-15-31(16-14-29)48(51)52)26-39(42(56-38,41(35)40)54-23-4-2)47-32(11-9-19-43)27-44-46-47/h3-4,13-18,24-25,27,30,34,39-41,49-50H,1-2,5-12,19-23,26,28H2. The monoisotopic (exact) mass is 789 g/mol. The number of aliphatic hydroxyl groups is 2. The molecule has 300 valence electrons. The summed E-state index contributed by atoms with van der Waals surface area (Å²) in [5.41, 5.74) is 4.28. The van der Waals surface area contributed by atoms with Gasteiger partial charge in [-0.1, -0.05) is 48.0 Å². The smallest absolute Gasteiger partial charge is 0.269 e. The van der Waals surface area contributed by atoms with Crippen LogP contribution in [0.1, 0.15) is 80.1 Å². The van der Waals surface area contributed by atoms with Gasteiger partial charge in [-0.3, -0.25) is 10.1 Å². The number of nitrogens with zero attached hydrogens (tertiary/aromatic N) is 5. The van der Waals surface area contributed by atoms with Gasteiger partial charge in [0, 0.05) is 49.1 Å². The molecule has 56 heavy (non-hydrogen) atoms. The van der Waals surface area contributed by atoms with Crippen LogP contribution < -0.4 is 9.47 Å². The van der Waals surface area contributed by atoms with Crippen LogP contribution in [0.25, 0.3) is 0 Å². The molecule has 1 saturated carbocycles. The highest BCUT2D eigenvalue weighted by Gasteiger charge is 2.65. The van der Waals surface area contributed by atoms with Gasteiger partial charge in [0.05, 0.1) is 35.1 Å². The Bertz CT molecular complexity index is 1870. The van der Waals surface area contributed by atoms with Crippen molar-refractivity contribution in [2.75, 3.05) is 32.3 Å². The molecule has 6 unspecified atom stereocenters. The van der Waals surface area contributed by atoms with Crippen molar-refractivity contribution >= 4 is 23.0 Å². The van der Waals surface area contributed by atoms with E-state index in [4.69, 9.17) is 35.8 Å². The maximum absolute atomic E-state index is 11.3. The molecule has 0 spiro atoms. The minimum absolute atomic E-state index is 0.00123. The molecule has 2 aromatic carbocycles. The molecule has 13 nitrogen and oxygen atoms in total. The number of halogens is 1. The molecule has 6 rings (SSSR count). The van der Waals surface area contributed by atoms with Gasteiger partial charge in [0.1, 0.15) is 30.8 Å². The molecule has 3 aromatic rings. The lowest BCUT2D eigenvalue weighted by atomic mass is 9.55. The van der Waals surface area contributed by atoms with Gasteiger partial charge in [0.25, 0.3) is 5.69 Å². The summed E-state index contributed by atoms with van der Waals surface area (Å²) < 4.78 is 22.2. The first-order valence-electron chi connectivity index (χ1n) is 19.5. The summed E-state index contributed by atoms with van der Waals surface area (Å²) in [6.07, 6.45) is 13.9. The number of nitro benzene ring substituents is 1. The van der Waals surface area contributed by atoms with Crippen LogP contribution in [0, 0.1) is 27.9 Å². The average molecular weight is 790 g/mol. The topological polar surface area (TPSA) is 164 Å². The molecular weight excluding hydrogens is 738 g/mol. The van der Waals surface area contributed by atoms with E-state index in [1.165, 1.54) is 12.1 Å². The third kappa shape index (κ3) is 8.86. The third-order valence-electron chi connectivity index (χ3n) is 11.1. The molecule has 3 aliphatic rings. The summed E-state index contributed by atoms with van der Waals surface area (Å²) in [6.45, 7) is 8.70. The van der Waals surface area contributed by atoms with Gasteiger partial charge in [0.2, 0.25) is 5.79 Å². The Morgan fingerprint density at radius 1 is 1.05 bits per heavy atom. The molecule has 0 amide bonds. The third-order valence-corrected chi connectivity index (χ3v) is 11.3. The van der Waals surface area contributed by atoms with Gasteiger partial charge < -0.3 is 29.3 Å². The van der Waals surface area contributed by atoms with E-state index in [9.17, 15) is 20.3 Å². The van der Waals surface area contributed by atoms with Gasteiger partial charge in [0.15, 0.2) is 0 Å². The number of fused-ring (bicyclic) bond motifs is 2. The Morgan fingerprint density at radius 2 is 1.82 bits per heavy atom. The largest absolute Gasteiger partial charge is 0.490 e. The highest BCUT2D eigenvalue weighted by Crippen LogP contribution is 2.63. The summed E-state index contributed by atoms with van der Waals surface area (Å²) in [4.78, 5) is 16.9. The molecule has 2 heterocycles. The summed E-state index contributed by atoms with van der Waals surface area (Å²) >= 11 is 6.18. The number of aryl methyl sites for hydroxylation is 1. The fourth-order valence-electron chi connectivity index (χ4n) is 8.68. The summed E-state index contributed by atoms with van der Waals surface area (Å²) in [6, 6.07) is 11.6. The number of unbranched alkanes of at least 4 members (excludes halogenated alkanes) is 2. The number of alkyl halides is 1. The van der Waals surface area contributed by atoms with E-state index < -0.39 is 22.7 Å². The number of aliphatic hydroxyl groups excluding tert-OH is 2. The Balaban J connectivity index is 1.55. The zero-order valence-corrected chi connectivity index (χ0v) is 32.5. The van der Waals surface area contributed by atoms with E-state index in [1.54, 1.807) is 30.5 Å². The van der Waals surface area contributed by atoms with Crippen LogP contribution in [0.4, 0.5) is 5.69 Å². The number of benzene rings is 2. The van der Waals surface area contributed by atoms with Crippen LogP contribution in [-0.2, 0) is 22.6 Å².